The Balaban J connectivity index is 1.68. The largest absolute Gasteiger partial charge is 0.468 e. The maximum absolute atomic E-state index is 13.0. The number of amides is 1. The predicted octanol–water partition coefficient (Wildman–Crippen LogP) is 2.13. The van der Waals surface area contributed by atoms with Crippen molar-refractivity contribution in [3.8, 4) is 11.1 Å². The van der Waals surface area contributed by atoms with Gasteiger partial charge in [0.15, 0.2) is 0 Å². The molecule has 3 rings (SSSR count). The highest BCUT2D eigenvalue weighted by atomic mass is 19.1. The molecule has 2 aromatic rings. The van der Waals surface area contributed by atoms with Gasteiger partial charge in [0.2, 0.25) is 0 Å². The second-order valence-electron chi connectivity index (χ2n) is 5.98. The summed E-state index contributed by atoms with van der Waals surface area (Å²) in [6.45, 7) is 0.517. The van der Waals surface area contributed by atoms with Crippen LogP contribution in [0.15, 0.2) is 48.5 Å². The summed E-state index contributed by atoms with van der Waals surface area (Å²) in [7, 11) is 1.34. The van der Waals surface area contributed by atoms with Gasteiger partial charge in [-0.3, -0.25) is 9.59 Å². The molecule has 130 valence electrons. The van der Waals surface area contributed by atoms with E-state index in [0.717, 1.165) is 11.1 Å². The Morgan fingerprint density at radius 3 is 2.64 bits per heavy atom. The topological polar surface area (TPSA) is 67.4 Å². The molecule has 2 aromatic carbocycles. The lowest BCUT2D eigenvalue weighted by atomic mass is 10.0. The number of esters is 1. The third-order valence-corrected chi connectivity index (χ3v) is 4.25. The van der Waals surface area contributed by atoms with Gasteiger partial charge in [-0.2, -0.15) is 0 Å². The van der Waals surface area contributed by atoms with Gasteiger partial charge in [-0.1, -0.05) is 24.3 Å². The fraction of sp³-hybridized carbons (Fsp3) is 0.263. The van der Waals surface area contributed by atoms with E-state index in [2.05, 4.69) is 10.6 Å². The summed E-state index contributed by atoms with van der Waals surface area (Å²) in [5, 5.41) is 5.95. The van der Waals surface area contributed by atoms with E-state index in [1.807, 2.05) is 6.07 Å². The molecule has 0 aliphatic carbocycles. The first-order valence-electron chi connectivity index (χ1n) is 8.05. The maximum Gasteiger partial charge on any atom is 0.322 e. The van der Waals surface area contributed by atoms with Crippen molar-refractivity contribution in [2.45, 2.75) is 18.5 Å². The van der Waals surface area contributed by atoms with Crippen molar-refractivity contribution in [1.29, 1.82) is 0 Å². The van der Waals surface area contributed by atoms with E-state index in [0.29, 0.717) is 18.5 Å². The first-order chi connectivity index (χ1) is 12.1. The fourth-order valence-electron chi connectivity index (χ4n) is 2.92. The number of hydrogen-bond donors (Lipinski definition) is 2. The number of ether oxygens (including phenoxy) is 1. The first-order valence-corrected chi connectivity index (χ1v) is 8.05. The van der Waals surface area contributed by atoms with Crippen LogP contribution in [0, 0.1) is 5.82 Å². The van der Waals surface area contributed by atoms with Crippen molar-refractivity contribution >= 4 is 11.9 Å². The zero-order valence-corrected chi connectivity index (χ0v) is 13.8. The Labute approximate surface area is 145 Å². The summed E-state index contributed by atoms with van der Waals surface area (Å²) in [4.78, 5) is 24.0. The van der Waals surface area contributed by atoms with E-state index in [1.165, 1.54) is 19.2 Å². The zero-order valence-electron chi connectivity index (χ0n) is 13.8. The second-order valence-corrected chi connectivity index (χ2v) is 5.98. The van der Waals surface area contributed by atoms with Crippen LogP contribution in [0.5, 0.6) is 0 Å². The predicted molar refractivity (Wildman–Crippen MR) is 91.5 cm³/mol. The highest BCUT2D eigenvalue weighted by molar-refractivity contribution is 5.95. The van der Waals surface area contributed by atoms with Crippen LogP contribution in [0.3, 0.4) is 0 Å². The van der Waals surface area contributed by atoms with Crippen molar-refractivity contribution in [3.05, 3.63) is 59.9 Å². The van der Waals surface area contributed by atoms with Gasteiger partial charge in [0.05, 0.1) is 7.11 Å². The molecule has 0 aromatic heterocycles. The van der Waals surface area contributed by atoms with Crippen molar-refractivity contribution in [1.82, 2.24) is 10.6 Å². The molecule has 0 spiro atoms. The van der Waals surface area contributed by atoms with E-state index in [-0.39, 0.29) is 29.8 Å². The normalized spacial score (nSPS) is 19.4. The molecule has 1 saturated heterocycles. The summed E-state index contributed by atoms with van der Waals surface area (Å²) in [6.07, 6.45) is 0.496. The molecular formula is C19H19FN2O3. The monoisotopic (exact) mass is 342 g/mol. The van der Waals surface area contributed by atoms with Gasteiger partial charge in [0.25, 0.3) is 5.91 Å². The second kappa shape index (κ2) is 7.44. The molecule has 2 N–H and O–H groups in total. The van der Waals surface area contributed by atoms with Gasteiger partial charge in [0.1, 0.15) is 11.9 Å². The van der Waals surface area contributed by atoms with Crippen molar-refractivity contribution in [2.24, 2.45) is 0 Å². The number of rotatable bonds is 4. The standard InChI is InChI=1S/C19H19FN2O3/c1-25-19(24)17-10-16(11-21-17)22-18(23)14-4-2-3-13(9-14)12-5-7-15(20)8-6-12/h2-9,16-17,21H,10-11H2,1H3,(H,22,23)/t16-,17-/m0/s1. The van der Waals surface area contributed by atoms with Gasteiger partial charge in [-0.25, -0.2) is 4.39 Å². The van der Waals surface area contributed by atoms with Crippen molar-refractivity contribution < 1.29 is 18.7 Å². The molecule has 5 nitrogen and oxygen atoms in total. The van der Waals surface area contributed by atoms with E-state index < -0.39 is 0 Å². The number of hydrogen-bond acceptors (Lipinski definition) is 4. The number of benzene rings is 2. The Morgan fingerprint density at radius 2 is 1.92 bits per heavy atom. The fourth-order valence-corrected chi connectivity index (χ4v) is 2.92. The third-order valence-electron chi connectivity index (χ3n) is 4.25. The molecule has 0 unspecified atom stereocenters. The van der Waals surface area contributed by atoms with Gasteiger partial charge >= 0.3 is 5.97 Å². The number of nitrogens with one attached hydrogen (secondary N) is 2. The molecule has 0 bridgehead atoms. The Kier molecular flexibility index (Phi) is 5.09. The number of methoxy groups -OCH3 is 1. The number of carbonyl (C=O) groups is 2. The zero-order chi connectivity index (χ0) is 17.8. The van der Waals surface area contributed by atoms with Crippen LogP contribution in [-0.2, 0) is 9.53 Å². The number of halogens is 1. The Bertz CT molecular complexity index is 776. The quantitative estimate of drug-likeness (QED) is 0.836. The van der Waals surface area contributed by atoms with E-state index in [4.69, 9.17) is 4.74 Å². The van der Waals surface area contributed by atoms with Crippen molar-refractivity contribution in [3.63, 3.8) is 0 Å². The van der Waals surface area contributed by atoms with Gasteiger partial charge in [-0.15, -0.1) is 0 Å². The summed E-state index contributed by atoms with van der Waals surface area (Å²) >= 11 is 0. The van der Waals surface area contributed by atoms with Crippen LogP contribution in [0.25, 0.3) is 11.1 Å². The molecular weight excluding hydrogens is 323 g/mol. The van der Waals surface area contributed by atoms with Gasteiger partial charge < -0.3 is 15.4 Å². The SMILES string of the molecule is COC(=O)[C@@H]1C[C@H](NC(=O)c2cccc(-c3ccc(F)cc3)c2)CN1. The van der Waals surface area contributed by atoms with Crippen LogP contribution >= 0.6 is 0 Å². The minimum atomic E-state index is -0.388. The maximum atomic E-state index is 13.0. The van der Waals surface area contributed by atoms with Crippen molar-refractivity contribution in [2.75, 3.05) is 13.7 Å². The molecule has 6 heteroatoms. The lowest BCUT2D eigenvalue weighted by Gasteiger charge is -2.12. The van der Waals surface area contributed by atoms with E-state index in [9.17, 15) is 14.0 Å². The smallest absolute Gasteiger partial charge is 0.322 e. The van der Waals surface area contributed by atoms with Crippen LogP contribution in [0.4, 0.5) is 4.39 Å². The van der Waals surface area contributed by atoms with Gasteiger partial charge in [0, 0.05) is 18.2 Å². The molecule has 25 heavy (non-hydrogen) atoms. The molecule has 0 radical (unpaired) electrons. The molecule has 1 aliphatic heterocycles. The van der Waals surface area contributed by atoms with E-state index in [1.54, 1.807) is 30.3 Å². The Hall–Kier alpha value is -2.73. The lowest BCUT2D eigenvalue weighted by molar-refractivity contribution is -0.142. The van der Waals surface area contributed by atoms with Crippen LogP contribution in [-0.4, -0.2) is 37.6 Å². The van der Waals surface area contributed by atoms with Crippen LogP contribution < -0.4 is 10.6 Å². The minimum absolute atomic E-state index is 0.133. The lowest BCUT2D eigenvalue weighted by Crippen LogP contribution is -2.36. The molecule has 1 heterocycles. The van der Waals surface area contributed by atoms with Crippen LogP contribution in [0.2, 0.25) is 0 Å². The van der Waals surface area contributed by atoms with Gasteiger partial charge in [-0.05, 0) is 41.8 Å². The number of carbonyl (C=O) groups excluding carboxylic acids is 2. The molecule has 1 amide bonds. The highest BCUT2D eigenvalue weighted by Gasteiger charge is 2.31. The first kappa shape index (κ1) is 17.1. The molecule has 0 saturated carbocycles. The minimum Gasteiger partial charge on any atom is -0.468 e. The summed E-state index contributed by atoms with van der Waals surface area (Å²) in [5.74, 6) is -0.831. The molecule has 2 atom stereocenters. The highest BCUT2D eigenvalue weighted by Crippen LogP contribution is 2.21. The summed E-state index contributed by atoms with van der Waals surface area (Å²) in [5.41, 5.74) is 2.19. The summed E-state index contributed by atoms with van der Waals surface area (Å²) < 4.78 is 17.8. The van der Waals surface area contributed by atoms with E-state index >= 15 is 0 Å². The molecule has 1 aliphatic rings. The van der Waals surface area contributed by atoms with Crippen LogP contribution in [0.1, 0.15) is 16.8 Å². The average Bonchev–Trinajstić information content (AvgIpc) is 3.10. The average molecular weight is 342 g/mol. The summed E-state index contributed by atoms with van der Waals surface area (Å²) in [6, 6.07) is 12.8. The Morgan fingerprint density at radius 1 is 1.16 bits per heavy atom. The molecule has 1 fully saturated rings. The third kappa shape index (κ3) is 4.03.